The lowest BCUT2D eigenvalue weighted by atomic mass is 10.2. The number of imidazole rings is 1. The second-order valence-corrected chi connectivity index (χ2v) is 13.1. The molecule has 0 saturated carbocycles. The first-order chi connectivity index (χ1) is 24.1. The maximum atomic E-state index is 13.7. The number of amides is 2. The van der Waals surface area contributed by atoms with Crippen LogP contribution in [0.5, 0.6) is 6.01 Å². The van der Waals surface area contributed by atoms with Crippen molar-refractivity contribution in [2.45, 2.75) is 52.7 Å². The van der Waals surface area contributed by atoms with Gasteiger partial charge >= 0.3 is 12.1 Å². The van der Waals surface area contributed by atoms with E-state index < -0.39 is 14.6 Å². The Kier molecular flexibility index (Phi) is 14.1. The van der Waals surface area contributed by atoms with E-state index in [0.29, 0.717) is 16.9 Å². The molecule has 2 amide bonds. The third-order valence-corrected chi connectivity index (χ3v) is 8.94. The van der Waals surface area contributed by atoms with Gasteiger partial charge in [-0.3, -0.25) is 4.79 Å². The number of benzene rings is 2. The number of para-hydroxylation sites is 2. The van der Waals surface area contributed by atoms with E-state index in [1.54, 1.807) is 43.3 Å². The second-order valence-electron chi connectivity index (χ2n) is 11.7. The van der Waals surface area contributed by atoms with Gasteiger partial charge in [-0.1, -0.05) is 36.4 Å². The van der Waals surface area contributed by atoms with Gasteiger partial charge in [0.1, 0.15) is 6.54 Å². The van der Waals surface area contributed by atoms with Crippen molar-refractivity contribution in [2.75, 3.05) is 38.8 Å². The van der Waals surface area contributed by atoms with Crippen LogP contribution in [0.4, 0.5) is 22.0 Å². The Labute approximate surface area is 293 Å². The molecule has 1 unspecified atom stereocenters. The maximum absolute atomic E-state index is 13.7. The minimum Gasteiger partial charge on any atom is -0.373 e. The van der Waals surface area contributed by atoms with E-state index in [1.165, 1.54) is 22.1 Å². The van der Waals surface area contributed by atoms with E-state index in [2.05, 4.69) is 63.7 Å². The van der Waals surface area contributed by atoms with Gasteiger partial charge in [0.25, 0.3) is 8.53 Å². The number of aliphatic imine (C=N–C) groups is 1. The highest BCUT2D eigenvalue weighted by molar-refractivity contribution is 7.44. The molecule has 264 valence electrons. The summed E-state index contributed by atoms with van der Waals surface area (Å²) in [6.45, 7) is 8.78. The highest BCUT2D eigenvalue weighted by atomic mass is 31.2. The van der Waals surface area contributed by atoms with Gasteiger partial charge in [-0.05, 0) is 52.0 Å². The van der Waals surface area contributed by atoms with Crippen LogP contribution in [0.25, 0.3) is 11.2 Å². The van der Waals surface area contributed by atoms with Crippen LogP contribution >= 0.6 is 8.53 Å². The number of nitrogens with zero attached hydrogens (tertiary/aromatic N) is 9. The molecular formula is C34H43N10O5P. The SMILES string of the molecule is CC(C)N(C(C)C)P(OCCC#N)OCCNC(=O)Cn1cnc2c(/N=C/N(C)C)nc(OC(=O)N(c3ccccc3)c3ccccc3)nc21. The lowest BCUT2D eigenvalue weighted by Gasteiger charge is -2.35. The first-order valence-corrected chi connectivity index (χ1v) is 17.3. The maximum Gasteiger partial charge on any atom is 0.426 e. The topological polar surface area (TPSA) is 163 Å². The summed E-state index contributed by atoms with van der Waals surface area (Å²) in [5.74, 6) is -0.156. The molecule has 0 aliphatic rings. The van der Waals surface area contributed by atoms with Gasteiger partial charge in [-0.15, -0.1) is 0 Å². The normalized spacial score (nSPS) is 12.1. The summed E-state index contributed by atoms with van der Waals surface area (Å²) in [7, 11) is 2.18. The number of hydrogen-bond donors (Lipinski definition) is 1. The molecular weight excluding hydrogens is 659 g/mol. The number of anilines is 2. The number of hydrogen-bond acceptors (Lipinski definition) is 11. The van der Waals surface area contributed by atoms with Crippen LogP contribution in [0.2, 0.25) is 0 Å². The number of carbonyl (C=O) groups excluding carboxylic acids is 2. The Bertz CT molecular complexity index is 1720. The molecule has 2 aromatic carbocycles. The molecule has 1 N–H and O–H groups in total. The number of rotatable bonds is 17. The van der Waals surface area contributed by atoms with Crippen LogP contribution < -0.4 is 15.0 Å². The standard InChI is InChI=1S/C34H43N10O5P/c1-25(2)44(26(3)4)50(47-20-13-18-35)48-21-19-36-29(45)22-42-24-37-30-31(38-23-41(5)6)39-33(40-32(30)42)49-34(46)43(27-14-9-7-10-15-27)28-16-11-8-12-17-28/h7-12,14-17,23-26H,13,19-22H2,1-6H3,(H,36,45)/b38-23+. The van der Waals surface area contributed by atoms with Crippen molar-refractivity contribution in [3.63, 3.8) is 0 Å². The van der Waals surface area contributed by atoms with E-state index >= 15 is 0 Å². The molecule has 50 heavy (non-hydrogen) atoms. The monoisotopic (exact) mass is 702 g/mol. The fourth-order valence-electron chi connectivity index (χ4n) is 4.81. The van der Waals surface area contributed by atoms with E-state index in [1.807, 2.05) is 36.4 Å². The van der Waals surface area contributed by atoms with Gasteiger partial charge in [0.15, 0.2) is 17.0 Å². The van der Waals surface area contributed by atoms with Crippen molar-refractivity contribution in [3.05, 3.63) is 67.0 Å². The van der Waals surface area contributed by atoms with E-state index in [-0.39, 0.29) is 68.2 Å². The van der Waals surface area contributed by atoms with Gasteiger partial charge in [-0.25, -0.2) is 24.3 Å². The Morgan fingerprint density at radius 1 is 0.980 bits per heavy atom. The zero-order valence-electron chi connectivity index (χ0n) is 29.1. The van der Waals surface area contributed by atoms with Gasteiger partial charge in [0.05, 0.1) is 49.7 Å². The lowest BCUT2D eigenvalue weighted by Crippen LogP contribution is -2.35. The third kappa shape index (κ3) is 10.5. The molecule has 0 saturated heterocycles. The molecule has 0 radical (unpaired) electrons. The average molecular weight is 703 g/mol. The number of fused-ring (bicyclic) bond motifs is 1. The van der Waals surface area contributed by atoms with Crippen molar-refractivity contribution in [2.24, 2.45) is 4.99 Å². The molecule has 0 spiro atoms. The third-order valence-electron chi connectivity index (χ3n) is 6.83. The molecule has 16 heteroatoms. The molecule has 1 atom stereocenters. The first kappa shape index (κ1) is 37.8. The zero-order chi connectivity index (χ0) is 36.0. The fraction of sp³-hybridized carbons (Fsp3) is 0.382. The summed E-state index contributed by atoms with van der Waals surface area (Å²) in [5, 5.41) is 11.8. The summed E-state index contributed by atoms with van der Waals surface area (Å²) >= 11 is 0. The van der Waals surface area contributed by atoms with Crippen LogP contribution in [0.1, 0.15) is 34.1 Å². The number of carbonyl (C=O) groups is 2. The van der Waals surface area contributed by atoms with Crippen LogP contribution in [0.15, 0.2) is 72.0 Å². The summed E-state index contributed by atoms with van der Waals surface area (Å²) in [6.07, 6.45) is 2.52. The molecule has 15 nitrogen and oxygen atoms in total. The number of nitriles is 1. The fourth-order valence-corrected chi connectivity index (χ4v) is 6.40. The lowest BCUT2D eigenvalue weighted by molar-refractivity contribution is -0.121. The number of nitrogens with one attached hydrogen (secondary N) is 1. The summed E-state index contributed by atoms with van der Waals surface area (Å²) in [6, 6.07) is 20.3. The summed E-state index contributed by atoms with van der Waals surface area (Å²) < 4.78 is 21.4. The van der Waals surface area contributed by atoms with Crippen molar-refractivity contribution in [1.82, 2.24) is 34.4 Å². The Hall–Kier alpha value is -5.00. The van der Waals surface area contributed by atoms with Gasteiger partial charge in [-0.2, -0.15) is 15.2 Å². The molecule has 0 aliphatic carbocycles. The number of ether oxygens (including phenoxy) is 1. The predicted octanol–water partition coefficient (Wildman–Crippen LogP) is 5.79. The highest BCUT2D eigenvalue weighted by Crippen LogP contribution is 2.45. The molecule has 0 fully saturated rings. The molecule has 2 aromatic heterocycles. The molecule has 0 bridgehead atoms. The van der Waals surface area contributed by atoms with Gasteiger partial charge in [0, 0.05) is 32.7 Å². The van der Waals surface area contributed by atoms with Crippen LogP contribution in [0.3, 0.4) is 0 Å². The van der Waals surface area contributed by atoms with Crippen molar-refractivity contribution in [1.29, 1.82) is 5.26 Å². The molecule has 0 aliphatic heterocycles. The Morgan fingerprint density at radius 3 is 2.18 bits per heavy atom. The number of aromatic nitrogens is 4. The Morgan fingerprint density at radius 2 is 1.60 bits per heavy atom. The van der Waals surface area contributed by atoms with E-state index in [9.17, 15) is 9.59 Å². The van der Waals surface area contributed by atoms with Crippen molar-refractivity contribution >= 4 is 55.2 Å². The predicted molar refractivity (Wildman–Crippen MR) is 192 cm³/mol. The van der Waals surface area contributed by atoms with E-state index in [4.69, 9.17) is 19.0 Å². The average Bonchev–Trinajstić information content (AvgIpc) is 3.48. The smallest absolute Gasteiger partial charge is 0.373 e. The minimum absolute atomic E-state index is 0.130. The zero-order valence-corrected chi connectivity index (χ0v) is 30.0. The second kappa shape index (κ2) is 18.7. The summed E-state index contributed by atoms with van der Waals surface area (Å²) in [5.41, 5.74) is 1.75. The molecule has 4 rings (SSSR count). The van der Waals surface area contributed by atoms with Crippen LogP contribution in [-0.4, -0.2) is 93.4 Å². The summed E-state index contributed by atoms with van der Waals surface area (Å²) in [4.78, 5) is 47.6. The largest absolute Gasteiger partial charge is 0.426 e. The Balaban J connectivity index is 1.51. The first-order valence-electron chi connectivity index (χ1n) is 16.1. The minimum atomic E-state index is -1.43. The molecule has 2 heterocycles. The highest BCUT2D eigenvalue weighted by Gasteiger charge is 2.27. The van der Waals surface area contributed by atoms with Gasteiger partial charge < -0.3 is 28.6 Å². The van der Waals surface area contributed by atoms with Crippen LogP contribution in [-0.2, 0) is 20.4 Å². The molecule has 4 aromatic rings. The quantitative estimate of drug-likeness (QED) is 0.0613. The van der Waals surface area contributed by atoms with Crippen LogP contribution in [0, 0.1) is 11.3 Å². The van der Waals surface area contributed by atoms with Gasteiger partial charge in [0.2, 0.25) is 5.91 Å². The van der Waals surface area contributed by atoms with E-state index in [0.717, 1.165) is 0 Å². The van der Waals surface area contributed by atoms with Crippen molar-refractivity contribution < 1.29 is 23.4 Å². The van der Waals surface area contributed by atoms with Crippen molar-refractivity contribution in [3.8, 4) is 12.1 Å².